The number of nitrogens with zero attached hydrogens (tertiary/aromatic N) is 5. The molecular formula is C24H32N6O3S. The van der Waals surface area contributed by atoms with Gasteiger partial charge in [-0.3, -0.25) is 4.79 Å². The van der Waals surface area contributed by atoms with Gasteiger partial charge >= 0.3 is 0 Å². The number of nitrogens with one attached hydrogen (secondary N) is 1. The zero-order valence-electron chi connectivity index (χ0n) is 20.4. The van der Waals surface area contributed by atoms with Crippen molar-refractivity contribution in [2.24, 2.45) is 0 Å². The third kappa shape index (κ3) is 4.91. The fourth-order valence-electron chi connectivity index (χ4n) is 4.52. The fraction of sp³-hybridized carbons (Fsp3) is 0.500. The van der Waals surface area contributed by atoms with E-state index in [1.165, 1.54) is 6.42 Å². The molecule has 0 unspecified atom stereocenters. The van der Waals surface area contributed by atoms with Crippen molar-refractivity contribution in [1.29, 1.82) is 0 Å². The number of rotatable bonds is 6. The SMILES string of the molecule is CC(C)c1nn(C2CCCCC2)c2nc(C(=O)NS(C)(=O)=O)cc(-c3ccc(N(C)C)nc3)c12. The molecule has 1 fully saturated rings. The molecule has 34 heavy (non-hydrogen) atoms. The first-order valence-corrected chi connectivity index (χ1v) is 13.5. The Morgan fingerprint density at radius 1 is 1.18 bits per heavy atom. The molecule has 3 aromatic rings. The van der Waals surface area contributed by atoms with E-state index in [1.54, 1.807) is 12.3 Å². The third-order valence-corrected chi connectivity index (χ3v) is 6.74. The average molecular weight is 485 g/mol. The Morgan fingerprint density at radius 3 is 2.44 bits per heavy atom. The standard InChI is InChI=1S/C24H32N6O3S/c1-15(2)22-21-18(16-11-12-20(25-14-16)29(3)4)13-19(24(31)28-34(5,32)33)26-23(21)30(27-22)17-9-7-6-8-10-17/h11-15,17H,6-10H2,1-5H3,(H,28,31). The van der Waals surface area contributed by atoms with Gasteiger partial charge in [0.15, 0.2) is 5.65 Å². The summed E-state index contributed by atoms with van der Waals surface area (Å²) in [6, 6.07) is 5.72. The highest BCUT2D eigenvalue weighted by Crippen LogP contribution is 2.38. The van der Waals surface area contributed by atoms with Crippen molar-refractivity contribution in [2.45, 2.75) is 57.9 Å². The van der Waals surface area contributed by atoms with E-state index in [0.29, 0.717) is 5.65 Å². The van der Waals surface area contributed by atoms with Gasteiger partial charge in [-0.2, -0.15) is 5.10 Å². The minimum Gasteiger partial charge on any atom is -0.363 e. The van der Waals surface area contributed by atoms with Crippen LogP contribution in [0, 0.1) is 0 Å². The maximum atomic E-state index is 12.9. The van der Waals surface area contributed by atoms with Crippen LogP contribution in [0.2, 0.25) is 0 Å². The summed E-state index contributed by atoms with van der Waals surface area (Å²) in [6.07, 6.45) is 8.19. The summed E-state index contributed by atoms with van der Waals surface area (Å²) < 4.78 is 27.5. The number of carbonyl (C=O) groups excluding carboxylic acids is 1. The molecule has 1 N–H and O–H groups in total. The first-order chi connectivity index (χ1) is 16.0. The minimum atomic E-state index is -3.74. The van der Waals surface area contributed by atoms with Gasteiger partial charge in [-0.25, -0.2) is 27.8 Å². The van der Waals surface area contributed by atoms with E-state index < -0.39 is 15.9 Å². The summed E-state index contributed by atoms with van der Waals surface area (Å²) in [5.41, 5.74) is 3.15. The second-order valence-electron chi connectivity index (χ2n) is 9.53. The number of sulfonamides is 1. The molecule has 182 valence electrons. The highest BCUT2D eigenvalue weighted by molar-refractivity contribution is 7.89. The van der Waals surface area contributed by atoms with Crippen molar-refractivity contribution < 1.29 is 13.2 Å². The molecule has 0 atom stereocenters. The number of amides is 1. The molecule has 0 radical (unpaired) electrons. The van der Waals surface area contributed by atoms with E-state index in [0.717, 1.165) is 60.0 Å². The van der Waals surface area contributed by atoms with Gasteiger partial charge in [-0.05, 0) is 42.5 Å². The fourth-order valence-corrected chi connectivity index (χ4v) is 4.96. The van der Waals surface area contributed by atoms with Crippen molar-refractivity contribution in [2.75, 3.05) is 25.3 Å². The third-order valence-electron chi connectivity index (χ3n) is 6.18. The molecule has 3 heterocycles. The van der Waals surface area contributed by atoms with Crippen molar-refractivity contribution in [3.8, 4) is 11.1 Å². The highest BCUT2D eigenvalue weighted by Gasteiger charge is 2.27. The normalized spacial score (nSPS) is 15.1. The van der Waals surface area contributed by atoms with Crippen molar-refractivity contribution in [3.05, 3.63) is 35.8 Å². The number of fused-ring (bicyclic) bond motifs is 1. The number of aromatic nitrogens is 4. The van der Waals surface area contributed by atoms with Crippen LogP contribution in [0.4, 0.5) is 5.82 Å². The zero-order chi connectivity index (χ0) is 24.6. The lowest BCUT2D eigenvalue weighted by Crippen LogP contribution is -2.30. The minimum absolute atomic E-state index is 0.0388. The summed E-state index contributed by atoms with van der Waals surface area (Å²) in [4.78, 5) is 24.0. The van der Waals surface area contributed by atoms with Crippen molar-refractivity contribution in [3.63, 3.8) is 0 Å². The summed E-state index contributed by atoms with van der Waals surface area (Å²) in [7, 11) is 0.108. The van der Waals surface area contributed by atoms with Gasteiger partial charge in [0, 0.05) is 25.9 Å². The van der Waals surface area contributed by atoms with Gasteiger partial charge in [0.2, 0.25) is 10.0 Å². The zero-order valence-corrected chi connectivity index (χ0v) is 21.2. The molecule has 0 bridgehead atoms. The summed E-state index contributed by atoms with van der Waals surface area (Å²) in [5.74, 6) is 0.190. The van der Waals surface area contributed by atoms with Gasteiger partial charge in [0.25, 0.3) is 5.91 Å². The van der Waals surface area contributed by atoms with Gasteiger partial charge in [0.1, 0.15) is 11.5 Å². The molecule has 3 aromatic heterocycles. The van der Waals surface area contributed by atoms with Crippen molar-refractivity contribution >= 4 is 32.8 Å². The first kappa shape index (κ1) is 24.1. The average Bonchev–Trinajstić information content (AvgIpc) is 3.18. The van der Waals surface area contributed by atoms with E-state index in [2.05, 4.69) is 28.5 Å². The molecule has 1 aliphatic carbocycles. The predicted octanol–water partition coefficient (Wildman–Crippen LogP) is 3.88. The Kier molecular flexibility index (Phi) is 6.62. The second kappa shape index (κ2) is 9.32. The molecular weight excluding hydrogens is 452 g/mol. The maximum absolute atomic E-state index is 12.9. The van der Waals surface area contributed by atoms with Crippen LogP contribution < -0.4 is 9.62 Å². The van der Waals surface area contributed by atoms with Gasteiger partial charge in [-0.15, -0.1) is 0 Å². The molecule has 0 aromatic carbocycles. The Hall–Kier alpha value is -3.01. The second-order valence-corrected chi connectivity index (χ2v) is 11.3. The van der Waals surface area contributed by atoms with Gasteiger partial charge in [0.05, 0.1) is 23.4 Å². The lowest BCUT2D eigenvalue weighted by Gasteiger charge is -2.22. The highest BCUT2D eigenvalue weighted by atomic mass is 32.2. The lowest BCUT2D eigenvalue weighted by molar-refractivity contribution is 0.0977. The number of carbonyl (C=O) groups is 1. The maximum Gasteiger partial charge on any atom is 0.283 e. The molecule has 0 aliphatic heterocycles. The molecule has 0 spiro atoms. The van der Waals surface area contributed by atoms with Crippen LogP contribution >= 0.6 is 0 Å². The Morgan fingerprint density at radius 2 is 1.88 bits per heavy atom. The van der Waals surface area contributed by atoms with E-state index in [9.17, 15) is 13.2 Å². The number of anilines is 1. The molecule has 10 heteroatoms. The van der Waals surface area contributed by atoms with Crippen molar-refractivity contribution in [1.82, 2.24) is 24.5 Å². The van der Waals surface area contributed by atoms with Crippen LogP contribution in [0.1, 0.15) is 74.1 Å². The largest absolute Gasteiger partial charge is 0.363 e. The molecule has 9 nitrogen and oxygen atoms in total. The van der Waals surface area contributed by atoms with Gasteiger partial charge < -0.3 is 4.90 Å². The van der Waals surface area contributed by atoms with E-state index in [1.807, 2.05) is 35.8 Å². The molecule has 1 aliphatic rings. The Balaban J connectivity index is 1.98. The lowest BCUT2D eigenvalue weighted by atomic mass is 9.95. The number of hydrogen-bond acceptors (Lipinski definition) is 7. The summed E-state index contributed by atoms with van der Waals surface area (Å²) in [6.45, 7) is 4.18. The molecule has 1 saturated carbocycles. The smallest absolute Gasteiger partial charge is 0.283 e. The molecule has 1 amide bonds. The monoisotopic (exact) mass is 484 g/mol. The predicted molar refractivity (Wildman–Crippen MR) is 134 cm³/mol. The molecule has 4 rings (SSSR count). The van der Waals surface area contributed by atoms with Crippen LogP contribution in [0.3, 0.4) is 0 Å². The van der Waals surface area contributed by atoms with E-state index >= 15 is 0 Å². The van der Waals surface area contributed by atoms with Crippen LogP contribution in [-0.4, -0.2) is 54.4 Å². The van der Waals surface area contributed by atoms with Crippen LogP contribution in [-0.2, 0) is 10.0 Å². The first-order valence-electron chi connectivity index (χ1n) is 11.6. The van der Waals surface area contributed by atoms with Crippen LogP contribution in [0.15, 0.2) is 24.4 Å². The van der Waals surface area contributed by atoms with E-state index in [-0.39, 0.29) is 17.7 Å². The topological polar surface area (TPSA) is 110 Å². The van der Waals surface area contributed by atoms with E-state index in [4.69, 9.17) is 5.10 Å². The van der Waals surface area contributed by atoms with Gasteiger partial charge in [-0.1, -0.05) is 33.1 Å². The summed E-state index contributed by atoms with van der Waals surface area (Å²) >= 11 is 0. The Bertz CT molecular complexity index is 1310. The quantitative estimate of drug-likeness (QED) is 0.565. The Labute approximate surface area is 200 Å². The van der Waals surface area contributed by atoms with Crippen LogP contribution in [0.25, 0.3) is 22.2 Å². The van der Waals surface area contributed by atoms with Crippen LogP contribution in [0.5, 0.6) is 0 Å². The number of hydrogen-bond donors (Lipinski definition) is 1. The number of pyridine rings is 2. The summed E-state index contributed by atoms with van der Waals surface area (Å²) in [5, 5.41) is 5.88. The molecule has 0 saturated heterocycles.